The van der Waals surface area contributed by atoms with Crippen LogP contribution in [0.4, 0.5) is 0 Å². The molecule has 3 nitrogen and oxygen atoms in total. The van der Waals surface area contributed by atoms with Crippen molar-refractivity contribution in [3.8, 4) is 0 Å². The van der Waals surface area contributed by atoms with Crippen LogP contribution in [-0.2, 0) is 0 Å². The summed E-state index contributed by atoms with van der Waals surface area (Å²) in [5.41, 5.74) is 0.724. The van der Waals surface area contributed by atoms with E-state index in [2.05, 4.69) is 4.98 Å². The Morgan fingerprint density at radius 2 is 2.19 bits per heavy atom. The highest BCUT2D eigenvalue weighted by molar-refractivity contribution is 7.99. The lowest BCUT2D eigenvalue weighted by Crippen LogP contribution is -2.03. The normalized spacial score (nSPS) is 14.8. The van der Waals surface area contributed by atoms with Gasteiger partial charge in [0.25, 0.3) is 0 Å². The summed E-state index contributed by atoms with van der Waals surface area (Å²) < 4.78 is 0. The Bertz CT molecular complexity index is 302. The maximum Gasteiger partial charge on any atom is 0.0957 e. The highest BCUT2D eigenvalue weighted by Crippen LogP contribution is 2.21. The van der Waals surface area contributed by atoms with Gasteiger partial charge in [-0.25, -0.2) is 0 Å². The molecule has 0 saturated heterocycles. The SMILES string of the molecule is CCC(O)c1ccc(SCC(C)CO)cn1. The van der Waals surface area contributed by atoms with E-state index in [1.165, 1.54) is 0 Å². The summed E-state index contributed by atoms with van der Waals surface area (Å²) >= 11 is 1.68. The maximum absolute atomic E-state index is 9.57. The number of aliphatic hydroxyl groups excluding tert-OH is 2. The zero-order valence-corrected chi connectivity index (χ0v) is 10.6. The van der Waals surface area contributed by atoms with Crippen LogP contribution in [0.3, 0.4) is 0 Å². The molecular weight excluding hydrogens is 222 g/mol. The Hall–Kier alpha value is -0.580. The molecule has 0 aliphatic rings. The van der Waals surface area contributed by atoms with E-state index in [1.807, 2.05) is 26.0 Å². The number of pyridine rings is 1. The summed E-state index contributed by atoms with van der Waals surface area (Å²) in [6, 6.07) is 3.83. The molecule has 0 fully saturated rings. The first kappa shape index (κ1) is 13.5. The van der Waals surface area contributed by atoms with Gasteiger partial charge >= 0.3 is 0 Å². The molecule has 1 aromatic heterocycles. The molecule has 90 valence electrons. The number of hydrogen-bond donors (Lipinski definition) is 2. The molecule has 1 aromatic rings. The van der Waals surface area contributed by atoms with Gasteiger partial charge in [-0.1, -0.05) is 13.8 Å². The minimum Gasteiger partial charge on any atom is -0.396 e. The molecular formula is C12H19NO2S. The molecule has 1 rings (SSSR count). The summed E-state index contributed by atoms with van der Waals surface area (Å²) in [6.45, 7) is 4.15. The van der Waals surface area contributed by atoms with E-state index in [9.17, 15) is 5.11 Å². The Kier molecular flexibility index (Phi) is 5.80. The lowest BCUT2D eigenvalue weighted by Gasteiger charge is -2.09. The molecule has 0 radical (unpaired) electrons. The van der Waals surface area contributed by atoms with Gasteiger partial charge in [0.05, 0.1) is 11.8 Å². The minimum absolute atomic E-state index is 0.215. The summed E-state index contributed by atoms with van der Waals surface area (Å²) in [4.78, 5) is 5.30. The molecule has 16 heavy (non-hydrogen) atoms. The van der Waals surface area contributed by atoms with Crippen LogP contribution in [0.15, 0.2) is 23.2 Å². The van der Waals surface area contributed by atoms with Crippen molar-refractivity contribution in [2.75, 3.05) is 12.4 Å². The van der Waals surface area contributed by atoms with E-state index < -0.39 is 6.10 Å². The van der Waals surface area contributed by atoms with Crippen LogP contribution in [0.5, 0.6) is 0 Å². The number of aliphatic hydroxyl groups is 2. The topological polar surface area (TPSA) is 53.4 Å². The fourth-order valence-electron chi connectivity index (χ4n) is 1.17. The third kappa shape index (κ3) is 4.12. The molecule has 0 aliphatic heterocycles. The fourth-order valence-corrected chi connectivity index (χ4v) is 2.05. The van der Waals surface area contributed by atoms with Gasteiger partial charge in [0.1, 0.15) is 0 Å². The Morgan fingerprint density at radius 1 is 1.44 bits per heavy atom. The maximum atomic E-state index is 9.57. The van der Waals surface area contributed by atoms with E-state index in [0.717, 1.165) is 16.3 Å². The van der Waals surface area contributed by atoms with Gasteiger partial charge in [-0.05, 0) is 24.5 Å². The predicted octanol–water partition coefficient (Wildman–Crippen LogP) is 2.25. The van der Waals surface area contributed by atoms with Crippen molar-refractivity contribution in [2.24, 2.45) is 5.92 Å². The number of nitrogens with zero attached hydrogens (tertiary/aromatic N) is 1. The Morgan fingerprint density at radius 3 is 2.69 bits per heavy atom. The molecule has 0 saturated carbocycles. The molecule has 4 heteroatoms. The quantitative estimate of drug-likeness (QED) is 0.750. The zero-order valence-electron chi connectivity index (χ0n) is 9.76. The lowest BCUT2D eigenvalue weighted by atomic mass is 10.2. The van der Waals surface area contributed by atoms with E-state index >= 15 is 0 Å². The summed E-state index contributed by atoms with van der Waals surface area (Å²) in [6.07, 6.45) is 2.00. The largest absolute Gasteiger partial charge is 0.396 e. The van der Waals surface area contributed by atoms with Gasteiger partial charge in [0, 0.05) is 23.5 Å². The van der Waals surface area contributed by atoms with Crippen LogP contribution in [0.2, 0.25) is 0 Å². The first-order chi connectivity index (χ1) is 7.67. The predicted molar refractivity (Wildman–Crippen MR) is 66.5 cm³/mol. The van der Waals surface area contributed by atoms with Crippen molar-refractivity contribution in [1.82, 2.24) is 4.98 Å². The lowest BCUT2D eigenvalue weighted by molar-refractivity contribution is 0.169. The molecule has 0 bridgehead atoms. The first-order valence-corrected chi connectivity index (χ1v) is 6.53. The fraction of sp³-hybridized carbons (Fsp3) is 0.583. The van der Waals surface area contributed by atoms with Crippen LogP contribution < -0.4 is 0 Å². The summed E-state index contributed by atoms with van der Waals surface area (Å²) in [5, 5.41) is 18.5. The van der Waals surface area contributed by atoms with Gasteiger partial charge in [0.15, 0.2) is 0 Å². The van der Waals surface area contributed by atoms with Crippen molar-refractivity contribution >= 4 is 11.8 Å². The molecule has 2 N–H and O–H groups in total. The third-order valence-electron chi connectivity index (χ3n) is 2.33. The van der Waals surface area contributed by atoms with Crippen LogP contribution in [0.25, 0.3) is 0 Å². The van der Waals surface area contributed by atoms with Crippen LogP contribution in [-0.4, -0.2) is 27.6 Å². The standard InChI is InChI=1S/C12H19NO2S/c1-3-12(15)11-5-4-10(6-13-11)16-8-9(2)7-14/h4-6,9,12,14-15H,3,7-8H2,1-2H3. The molecule has 0 aliphatic carbocycles. The van der Waals surface area contributed by atoms with Gasteiger partial charge in [0.2, 0.25) is 0 Å². The number of thioether (sulfide) groups is 1. The number of hydrogen-bond acceptors (Lipinski definition) is 4. The van der Waals surface area contributed by atoms with E-state index in [4.69, 9.17) is 5.11 Å². The molecule has 0 amide bonds. The van der Waals surface area contributed by atoms with E-state index in [1.54, 1.807) is 18.0 Å². The monoisotopic (exact) mass is 241 g/mol. The molecule has 1 heterocycles. The van der Waals surface area contributed by atoms with Crippen LogP contribution >= 0.6 is 11.8 Å². The minimum atomic E-state index is -0.463. The first-order valence-electron chi connectivity index (χ1n) is 5.55. The number of rotatable bonds is 6. The zero-order chi connectivity index (χ0) is 12.0. The van der Waals surface area contributed by atoms with Crippen molar-refractivity contribution in [2.45, 2.75) is 31.3 Å². The highest BCUT2D eigenvalue weighted by atomic mass is 32.2. The van der Waals surface area contributed by atoms with Gasteiger partial charge in [-0.2, -0.15) is 0 Å². The Labute approximate surface area is 101 Å². The molecule has 2 unspecified atom stereocenters. The van der Waals surface area contributed by atoms with E-state index in [-0.39, 0.29) is 6.61 Å². The molecule has 2 atom stereocenters. The smallest absolute Gasteiger partial charge is 0.0957 e. The van der Waals surface area contributed by atoms with Crippen molar-refractivity contribution in [1.29, 1.82) is 0 Å². The van der Waals surface area contributed by atoms with Crippen molar-refractivity contribution in [3.05, 3.63) is 24.0 Å². The second-order valence-electron chi connectivity index (χ2n) is 3.94. The summed E-state index contributed by atoms with van der Waals surface area (Å²) in [5.74, 6) is 1.18. The third-order valence-corrected chi connectivity index (χ3v) is 3.64. The number of aromatic nitrogens is 1. The van der Waals surface area contributed by atoms with Gasteiger partial charge in [-0.15, -0.1) is 11.8 Å². The van der Waals surface area contributed by atoms with Gasteiger partial charge in [-0.3, -0.25) is 4.98 Å². The van der Waals surface area contributed by atoms with E-state index in [0.29, 0.717) is 12.3 Å². The average Bonchev–Trinajstić information content (AvgIpc) is 2.35. The Balaban J connectivity index is 2.51. The second kappa shape index (κ2) is 6.89. The second-order valence-corrected chi connectivity index (χ2v) is 5.03. The summed E-state index contributed by atoms with van der Waals surface area (Å²) in [7, 11) is 0. The highest BCUT2D eigenvalue weighted by Gasteiger charge is 2.06. The molecule has 0 spiro atoms. The van der Waals surface area contributed by atoms with Crippen LogP contribution in [0.1, 0.15) is 32.1 Å². The van der Waals surface area contributed by atoms with Gasteiger partial charge < -0.3 is 10.2 Å². The average molecular weight is 241 g/mol. The van der Waals surface area contributed by atoms with Crippen molar-refractivity contribution in [3.63, 3.8) is 0 Å². The van der Waals surface area contributed by atoms with Crippen molar-refractivity contribution < 1.29 is 10.2 Å². The van der Waals surface area contributed by atoms with Crippen LogP contribution in [0, 0.1) is 5.92 Å². The molecule has 0 aromatic carbocycles.